The molecule has 3 N–H and O–H groups in total. The second kappa shape index (κ2) is 17.1. The molecule has 1 fully saturated rings. The Hall–Kier alpha value is -4.62. The number of halogens is 1. The molecule has 0 atom stereocenters. The van der Waals surface area contributed by atoms with Gasteiger partial charge in [-0.25, -0.2) is 9.78 Å². The normalized spacial score (nSPS) is 13.5. The van der Waals surface area contributed by atoms with E-state index >= 15 is 0 Å². The first-order valence-corrected chi connectivity index (χ1v) is 17.3. The average molecular weight is 717 g/mol. The van der Waals surface area contributed by atoms with Crippen LogP contribution >= 0.6 is 11.6 Å². The third-order valence-corrected chi connectivity index (χ3v) is 8.77. The minimum atomic E-state index is -0.676. The zero-order valence-corrected chi connectivity index (χ0v) is 30.4. The predicted molar refractivity (Wildman–Crippen MR) is 196 cm³/mol. The van der Waals surface area contributed by atoms with Gasteiger partial charge in [0.15, 0.2) is 0 Å². The van der Waals surface area contributed by atoms with E-state index in [9.17, 15) is 14.7 Å². The first kappa shape index (κ1) is 37.6. The summed E-state index contributed by atoms with van der Waals surface area (Å²) in [4.78, 5) is 41.0. The minimum absolute atomic E-state index is 0.0976. The number of pyridine rings is 3. The average Bonchev–Trinajstić information content (AvgIpc) is 3.11. The fourth-order valence-electron chi connectivity index (χ4n) is 5.68. The topological polar surface area (TPSA) is 148 Å². The van der Waals surface area contributed by atoms with Crippen molar-refractivity contribution in [2.45, 2.75) is 65.3 Å². The van der Waals surface area contributed by atoms with E-state index in [4.69, 9.17) is 30.8 Å². The van der Waals surface area contributed by atoms with E-state index in [0.29, 0.717) is 51.7 Å². The van der Waals surface area contributed by atoms with E-state index in [2.05, 4.69) is 20.6 Å². The highest BCUT2D eigenvalue weighted by atomic mass is 35.5. The summed E-state index contributed by atoms with van der Waals surface area (Å²) < 4.78 is 16.6. The molecule has 0 radical (unpaired) electrons. The molecule has 0 unspecified atom stereocenters. The van der Waals surface area contributed by atoms with E-state index in [1.165, 1.54) is 11.1 Å². The van der Waals surface area contributed by atoms with Crippen molar-refractivity contribution in [1.82, 2.24) is 25.2 Å². The zero-order valence-electron chi connectivity index (χ0n) is 29.7. The molecule has 3 aromatic heterocycles. The molecule has 0 saturated carbocycles. The van der Waals surface area contributed by atoms with Crippen LogP contribution in [0.5, 0.6) is 5.88 Å². The number of aliphatic hydroxyl groups excluding tert-OH is 1. The largest absolute Gasteiger partial charge is 0.481 e. The first-order chi connectivity index (χ1) is 24.5. The zero-order chi connectivity index (χ0) is 36.5. The van der Waals surface area contributed by atoms with Crippen LogP contribution in [0.25, 0.3) is 22.5 Å². The van der Waals surface area contributed by atoms with Gasteiger partial charge in [0.2, 0.25) is 5.88 Å². The number of methoxy groups -OCH3 is 1. The number of benzene rings is 1. The smallest absolute Gasteiger partial charge is 0.410 e. The number of carbonyl (C=O) groups is 2. The van der Waals surface area contributed by atoms with Gasteiger partial charge in [-0.05, 0) is 75.9 Å². The van der Waals surface area contributed by atoms with Crippen molar-refractivity contribution in [1.29, 1.82) is 0 Å². The fraction of sp³-hybridized carbons (Fsp3) is 0.395. The molecule has 0 spiro atoms. The number of amides is 2. The number of ether oxygens (including phenoxy) is 3. The Kier molecular flexibility index (Phi) is 12.6. The highest BCUT2D eigenvalue weighted by molar-refractivity contribution is 6.35. The second-order valence-corrected chi connectivity index (χ2v) is 13.6. The van der Waals surface area contributed by atoms with Gasteiger partial charge in [-0.3, -0.25) is 14.8 Å². The minimum Gasteiger partial charge on any atom is -0.481 e. The predicted octanol–water partition coefficient (Wildman–Crippen LogP) is 6.43. The Morgan fingerprint density at radius 3 is 2.53 bits per heavy atom. The summed E-state index contributed by atoms with van der Waals surface area (Å²) in [6.07, 6.45) is 4.62. The summed E-state index contributed by atoms with van der Waals surface area (Å²) in [5.74, 6) is 0.117. The standard InChI is InChI=1S/C38H45ClN6O6/c1-24-28(34-33(39)29(13-16-40-34)31-12-10-26(36(44-31)49-5)22-41-27-14-19-50-20-15-27)7-6-8-30(24)43-35(47)32-11-9-25(21-42-32)23-45(17-18-46)37(48)51-38(2,3)4/h6-13,16,21,27,41,46H,14-15,17-20,22-23H2,1-5H3,(H,43,47). The maximum atomic E-state index is 13.3. The maximum Gasteiger partial charge on any atom is 0.410 e. The van der Waals surface area contributed by atoms with Crippen LogP contribution in [0.15, 0.2) is 60.9 Å². The van der Waals surface area contributed by atoms with Gasteiger partial charge in [-0.2, -0.15) is 0 Å². The number of carbonyl (C=O) groups excluding carboxylic acids is 2. The highest BCUT2D eigenvalue weighted by Crippen LogP contribution is 2.38. The number of aliphatic hydroxyl groups is 1. The number of anilines is 1. The number of aromatic nitrogens is 3. The van der Waals surface area contributed by atoms with Crippen LogP contribution in [-0.4, -0.2) is 82.1 Å². The molecule has 1 aromatic carbocycles. The van der Waals surface area contributed by atoms with Crippen molar-refractivity contribution >= 4 is 29.3 Å². The lowest BCUT2D eigenvalue weighted by molar-refractivity contribution is 0.0201. The van der Waals surface area contributed by atoms with Gasteiger partial charge >= 0.3 is 6.09 Å². The summed E-state index contributed by atoms with van der Waals surface area (Å²) in [6, 6.07) is 15.0. The fourth-order valence-corrected chi connectivity index (χ4v) is 6.00. The summed E-state index contributed by atoms with van der Waals surface area (Å²) in [6.45, 7) is 9.42. The number of rotatable bonds is 12. The molecule has 1 aliphatic rings. The molecular weight excluding hydrogens is 672 g/mol. The molecule has 0 aliphatic carbocycles. The molecule has 2 amide bonds. The van der Waals surface area contributed by atoms with Crippen LogP contribution in [0.3, 0.4) is 0 Å². The molecule has 270 valence electrons. The van der Waals surface area contributed by atoms with Crippen LogP contribution < -0.4 is 15.4 Å². The molecule has 51 heavy (non-hydrogen) atoms. The quantitative estimate of drug-likeness (QED) is 0.150. The van der Waals surface area contributed by atoms with Gasteiger partial charge in [-0.15, -0.1) is 0 Å². The van der Waals surface area contributed by atoms with E-state index < -0.39 is 17.6 Å². The second-order valence-electron chi connectivity index (χ2n) is 13.3. The van der Waals surface area contributed by atoms with Gasteiger partial charge in [0.25, 0.3) is 5.91 Å². The summed E-state index contributed by atoms with van der Waals surface area (Å²) in [7, 11) is 1.61. The third kappa shape index (κ3) is 9.79. The van der Waals surface area contributed by atoms with E-state index in [1.54, 1.807) is 52.3 Å². The van der Waals surface area contributed by atoms with Gasteiger partial charge in [0.05, 0.1) is 36.7 Å². The SMILES string of the molecule is COc1nc(-c2ccnc(-c3cccc(NC(=O)c4ccc(CN(CCO)C(=O)OC(C)(C)C)cn4)c3C)c2Cl)ccc1CNC1CCOCC1. The van der Waals surface area contributed by atoms with Crippen LogP contribution in [-0.2, 0) is 22.6 Å². The van der Waals surface area contributed by atoms with Crippen molar-refractivity contribution < 1.29 is 28.9 Å². The van der Waals surface area contributed by atoms with Crippen LogP contribution in [0.1, 0.15) is 60.8 Å². The van der Waals surface area contributed by atoms with E-state index in [1.807, 2.05) is 37.3 Å². The van der Waals surface area contributed by atoms with E-state index in [0.717, 1.165) is 42.7 Å². The Labute approximate surface area is 303 Å². The number of nitrogens with zero attached hydrogens (tertiary/aromatic N) is 4. The van der Waals surface area contributed by atoms with Crippen molar-refractivity contribution in [2.75, 3.05) is 38.8 Å². The summed E-state index contributed by atoms with van der Waals surface area (Å²) in [5, 5.41) is 16.4. The van der Waals surface area contributed by atoms with Gasteiger partial charge in [0, 0.05) is 67.1 Å². The Morgan fingerprint density at radius 1 is 1.06 bits per heavy atom. The first-order valence-electron chi connectivity index (χ1n) is 16.9. The van der Waals surface area contributed by atoms with Gasteiger partial charge in [-0.1, -0.05) is 35.9 Å². The molecule has 4 heterocycles. The van der Waals surface area contributed by atoms with Crippen molar-refractivity contribution in [3.05, 3.63) is 88.3 Å². The van der Waals surface area contributed by atoms with Crippen molar-refractivity contribution in [3.63, 3.8) is 0 Å². The highest BCUT2D eigenvalue weighted by Gasteiger charge is 2.23. The summed E-state index contributed by atoms with van der Waals surface area (Å²) in [5.41, 5.74) is 5.14. The maximum absolute atomic E-state index is 13.3. The lowest BCUT2D eigenvalue weighted by atomic mass is 10.0. The molecule has 13 heteroatoms. The van der Waals surface area contributed by atoms with Crippen molar-refractivity contribution in [2.24, 2.45) is 0 Å². The molecule has 12 nitrogen and oxygen atoms in total. The van der Waals surface area contributed by atoms with Crippen LogP contribution in [0.2, 0.25) is 5.02 Å². The van der Waals surface area contributed by atoms with Gasteiger partial charge < -0.3 is 34.9 Å². The van der Waals surface area contributed by atoms with Crippen molar-refractivity contribution in [3.8, 4) is 28.4 Å². The van der Waals surface area contributed by atoms with Crippen LogP contribution in [0.4, 0.5) is 10.5 Å². The third-order valence-electron chi connectivity index (χ3n) is 8.39. The molecule has 1 saturated heterocycles. The van der Waals surface area contributed by atoms with E-state index in [-0.39, 0.29) is 25.4 Å². The Balaban J connectivity index is 1.30. The summed E-state index contributed by atoms with van der Waals surface area (Å²) >= 11 is 7.01. The molecular formula is C38H45ClN6O6. The molecule has 5 rings (SSSR count). The monoisotopic (exact) mass is 716 g/mol. The molecule has 4 aromatic rings. The van der Waals surface area contributed by atoms with Crippen LogP contribution in [0, 0.1) is 6.92 Å². The lowest BCUT2D eigenvalue weighted by Gasteiger charge is -2.27. The molecule has 0 bridgehead atoms. The number of hydrogen-bond donors (Lipinski definition) is 3. The number of nitrogens with one attached hydrogen (secondary N) is 2. The Morgan fingerprint density at radius 2 is 1.84 bits per heavy atom. The number of hydrogen-bond acceptors (Lipinski definition) is 10. The van der Waals surface area contributed by atoms with Gasteiger partial charge in [0.1, 0.15) is 11.3 Å². The molecule has 1 aliphatic heterocycles. The lowest BCUT2D eigenvalue weighted by Crippen LogP contribution is -2.38. The Bertz CT molecular complexity index is 1830.